The number of likely N-dealkylation sites (tertiary alicyclic amines) is 1. The monoisotopic (exact) mass is 548 g/mol. The zero-order valence-corrected chi connectivity index (χ0v) is 22.2. The quantitative estimate of drug-likeness (QED) is 0.456. The fourth-order valence-electron chi connectivity index (χ4n) is 6.68. The second-order valence-corrected chi connectivity index (χ2v) is 11.1. The number of ether oxygens (including phenoxy) is 2. The van der Waals surface area contributed by atoms with Crippen LogP contribution in [0.3, 0.4) is 0 Å². The standard InChI is InChI=1S/C30H29ClN2O6/c1-29-13-6-16-38-28(37)24(29)23-26(35)33(22(18-34)17-19-7-3-2-4-8-19)25-27(36)32(15-5-14-30(23,25)39-29)21-11-9-20(31)10-12-21/h2-14,22-25,34H,15-18H2,1H3/t22-,23+,24-,25?,29+,30+/m1/s1. The Balaban J connectivity index is 1.49. The van der Waals surface area contributed by atoms with Crippen molar-refractivity contribution in [3.05, 3.63) is 89.5 Å². The molecule has 9 heteroatoms. The van der Waals surface area contributed by atoms with E-state index in [9.17, 15) is 19.5 Å². The fourth-order valence-corrected chi connectivity index (χ4v) is 6.80. The molecule has 1 unspecified atom stereocenters. The number of carbonyl (C=O) groups is 3. The molecule has 202 valence electrons. The SMILES string of the molecule is C[C@]12C=CCOC(=O)[C@H]1[C@H]1C(=O)N([C@@H](CO)Cc3ccccc3)C3C(=O)N(c4ccc(Cl)cc4)CC=C[C@@]31O2. The number of cyclic esters (lactones) is 1. The summed E-state index contributed by atoms with van der Waals surface area (Å²) in [4.78, 5) is 45.3. The van der Waals surface area contributed by atoms with Gasteiger partial charge in [0.15, 0.2) is 0 Å². The first-order valence-corrected chi connectivity index (χ1v) is 13.4. The number of carbonyl (C=O) groups excluding carboxylic acids is 3. The molecule has 1 spiro atoms. The predicted octanol–water partition coefficient (Wildman–Crippen LogP) is 2.93. The summed E-state index contributed by atoms with van der Waals surface area (Å²) in [5, 5.41) is 11.1. The van der Waals surface area contributed by atoms with Crippen LogP contribution in [0.4, 0.5) is 5.69 Å². The van der Waals surface area contributed by atoms with Gasteiger partial charge >= 0.3 is 5.97 Å². The molecule has 2 saturated heterocycles. The van der Waals surface area contributed by atoms with E-state index in [0.717, 1.165) is 5.56 Å². The average Bonchev–Trinajstić information content (AvgIpc) is 3.19. The molecule has 4 aliphatic heterocycles. The van der Waals surface area contributed by atoms with Gasteiger partial charge in [-0.05, 0) is 49.2 Å². The van der Waals surface area contributed by atoms with Crippen LogP contribution in [0.15, 0.2) is 78.9 Å². The van der Waals surface area contributed by atoms with Gasteiger partial charge in [0.05, 0.1) is 24.2 Å². The minimum Gasteiger partial charge on any atom is -0.461 e. The Hall–Kier alpha value is -3.46. The average molecular weight is 549 g/mol. The van der Waals surface area contributed by atoms with Crippen LogP contribution in [0.25, 0.3) is 0 Å². The fraction of sp³-hybridized carbons (Fsp3) is 0.367. The molecule has 0 bridgehead atoms. The Morgan fingerprint density at radius 2 is 1.74 bits per heavy atom. The molecule has 8 nitrogen and oxygen atoms in total. The maximum Gasteiger partial charge on any atom is 0.313 e. The molecule has 6 atom stereocenters. The van der Waals surface area contributed by atoms with Gasteiger partial charge in [0.2, 0.25) is 5.91 Å². The van der Waals surface area contributed by atoms with Gasteiger partial charge in [-0.1, -0.05) is 60.2 Å². The Kier molecular flexibility index (Phi) is 6.37. The Labute approximate surface area is 231 Å². The molecule has 1 N–H and O–H groups in total. The number of aliphatic hydroxyl groups excluding tert-OH is 1. The highest BCUT2D eigenvalue weighted by atomic mass is 35.5. The molecule has 2 aromatic rings. The molecule has 4 heterocycles. The van der Waals surface area contributed by atoms with Crippen molar-refractivity contribution in [2.45, 2.75) is 36.6 Å². The van der Waals surface area contributed by atoms with Gasteiger partial charge in [0, 0.05) is 17.3 Å². The van der Waals surface area contributed by atoms with E-state index in [0.29, 0.717) is 17.1 Å². The molecule has 0 saturated carbocycles. The third-order valence-corrected chi connectivity index (χ3v) is 8.56. The Morgan fingerprint density at radius 1 is 1.00 bits per heavy atom. The first-order valence-electron chi connectivity index (χ1n) is 13.1. The molecule has 0 aromatic heterocycles. The van der Waals surface area contributed by atoms with E-state index in [2.05, 4.69) is 0 Å². The summed E-state index contributed by atoms with van der Waals surface area (Å²) >= 11 is 6.10. The first-order chi connectivity index (χ1) is 18.8. The molecule has 0 aliphatic carbocycles. The highest BCUT2D eigenvalue weighted by Gasteiger charge is 2.75. The second-order valence-electron chi connectivity index (χ2n) is 10.6. The van der Waals surface area contributed by atoms with Gasteiger partial charge in [-0.3, -0.25) is 14.4 Å². The smallest absolute Gasteiger partial charge is 0.313 e. The van der Waals surface area contributed by atoms with E-state index < -0.39 is 47.0 Å². The van der Waals surface area contributed by atoms with Crippen molar-refractivity contribution in [3.8, 4) is 0 Å². The summed E-state index contributed by atoms with van der Waals surface area (Å²) in [5.41, 5.74) is -1.06. The van der Waals surface area contributed by atoms with Gasteiger partial charge < -0.3 is 24.4 Å². The van der Waals surface area contributed by atoms with Crippen LogP contribution in [0.2, 0.25) is 5.02 Å². The van der Waals surface area contributed by atoms with Crippen molar-refractivity contribution < 1.29 is 29.0 Å². The number of esters is 1. The Bertz CT molecular complexity index is 1360. The number of aliphatic hydroxyl groups is 1. The summed E-state index contributed by atoms with van der Waals surface area (Å²) in [6.07, 6.45) is 7.38. The summed E-state index contributed by atoms with van der Waals surface area (Å²) in [5.74, 6) is -3.26. The number of hydrogen-bond donors (Lipinski definition) is 1. The van der Waals surface area contributed by atoms with Crippen LogP contribution in [0.1, 0.15) is 12.5 Å². The largest absolute Gasteiger partial charge is 0.461 e. The lowest BCUT2D eigenvalue weighted by Gasteiger charge is -2.40. The molecule has 2 amide bonds. The zero-order chi connectivity index (χ0) is 27.4. The summed E-state index contributed by atoms with van der Waals surface area (Å²) in [7, 11) is 0. The molecule has 0 radical (unpaired) electrons. The van der Waals surface area contributed by atoms with Crippen molar-refractivity contribution in [1.29, 1.82) is 0 Å². The topological polar surface area (TPSA) is 96.4 Å². The lowest BCUT2D eigenvalue weighted by molar-refractivity contribution is -0.157. The van der Waals surface area contributed by atoms with Crippen molar-refractivity contribution in [1.82, 2.24) is 4.90 Å². The van der Waals surface area contributed by atoms with E-state index in [4.69, 9.17) is 21.1 Å². The number of amides is 2. The van der Waals surface area contributed by atoms with Crippen LogP contribution in [0.5, 0.6) is 0 Å². The summed E-state index contributed by atoms with van der Waals surface area (Å²) in [6.45, 7) is 1.71. The Morgan fingerprint density at radius 3 is 2.46 bits per heavy atom. The molecule has 2 aromatic carbocycles. The summed E-state index contributed by atoms with van der Waals surface area (Å²) < 4.78 is 12.2. The van der Waals surface area contributed by atoms with Crippen molar-refractivity contribution in [2.75, 3.05) is 24.7 Å². The highest BCUT2D eigenvalue weighted by molar-refractivity contribution is 6.30. The van der Waals surface area contributed by atoms with Crippen LogP contribution >= 0.6 is 11.6 Å². The number of halogens is 1. The number of anilines is 1. The predicted molar refractivity (Wildman–Crippen MR) is 144 cm³/mol. The maximum atomic E-state index is 14.5. The molecule has 6 rings (SSSR count). The molecular weight excluding hydrogens is 520 g/mol. The van der Waals surface area contributed by atoms with Gasteiger partial charge in [-0.25, -0.2) is 0 Å². The number of hydrogen-bond acceptors (Lipinski definition) is 6. The van der Waals surface area contributed by atoms with Gasteiger partial charge in [-0.15, -0.1) is 0 Å². The normalized spacial score (nSPS) is 32.3. The first kappa shape index (κ1) is 25.8. The van der Waals surface area contributed by atoms with E-state index in [1.54, 1.807) is 54.3 Å². The van der Waals surface area contributed by atoms with E-state index >= 15 is 0 Å². The molecule has 4 aliphatic rings. The minimum absolute atomic E-state index is 0.0850. The number of nitrogens with zero attached hydrogens (tertiary/aromatic N) is 2. The third kappa shape index (κ3) is 4.01. The lowest BCUT2D eigenvalue weighted by Crippen LogP contribution is -2.59. The van der Waals surface area contributed by atoms with Crippen LogP contribution in [-0.4, -0.2) is 70.8 Å². The van der Waals surface area contributed by atoms with E-state index in [-0.39, 0.29) is 25.7 Å². The van der Waals surface area contributed by atoms with Gasteiger partial charge in [-0.2, -0.15) is 0 Å². The third-order valence-electron chi connectivity index (χ3n) is 8.31. The summed E-state index contributed by atoms with van der Waals surface area (Å²) in [6, 6.07) is 14.5. The zero-order valence-electron chi connectivity index (χ0n) is 21.4. The number of rotatable bonds is 5. The van der Waals surface area contributed by atoms with E-state index in [1.807, 2.05) is 36.4 Å². The van der Waals surface area contributed by atoms with Gasteiger partial charge in [0.25, 0.3) is 5.91 Å². The van der Waals surface area contributed by atoms with Crippen molar-refractivity contribution >= 4 is 35.1 Å². The van der Waals surface area contributed by atoms with Crippen LogP contribution in [-0.2, 0) is 30.3 Å². The van der Waals surface area contributed by atoms with Crippen molar-refractivity contribution in [3.63, 3.8) is 0 Å². The minimum atomic E-state index is -1.43. The second kappa shape index (κ2) is 9.62. The molecular formula is C30H29ClN2O6. The molecule has 2 fully saturated rings. The maximum absolute atomic E-state index is 14.5. The molecule has 39 heavy (non-hydrogen) atoms. The number of benzene rings is 2. The van der Waals surface area contributed by atoms with Crippen LogP contribution < -0.4 is 4.90 Å². The van der Waals surface area contributed by atoms with E-state index in [1.165, 1.54) is 4.90 Å². The lowest BCUT2D eigenvalue weighted by atomic mass is 9.75. The highest BCUT2D eigenvalue weighted by Crippen LogP contribution is 2.57. The number of fused-ring (bicyclic) bond motifs is 2. The van der Waals surface area contributed by atoms with Crippen molar-refractivity contribution in [2.24, 2.45) is 11.8 Å². The van der Waals surface area contributed by atoms with Crippen LogP contribution in [0, 0.1) is 11.8 Å². The van der Waals surface area contributed by atoms with Gasteiger partial charge in [0.1, 0.15) is 24.2 Å².